The number of ketones is 1. The summed E-state index contributed by atoms with van der Waals surface area (Å²) in [6.07, 6.45) is 16.0. The number of allylic oxidation sites excluding steroid dienone is 4. The number of pyridine rings is 1. The lowest BCUT2D eigenvalue weighted by Gasteiger charge is -2.57. The average molecular weight is 357 g/mol. The third-order valence-electron chi connectivity index (χ3n) is 8.61. The molecule has 0 N–H and O–H groups in total. The largest absolute Gasteiger partial charge is 0.295 e. The second-order valence-corrected chi connectivity index (χ2v) is 9.79. The summed E-state index contributed by atoms with van der Waals surface area (Å²) in [5.41, 5.74) is 5.37. The molecule has 2 radical (unpaired) electrons. The topological polar surface area (TPSA) is 30.0 Å². The number of aromatic nitrogens is 1. The van der Waals surface area contributed by atoms with Crippen LogP contribution in [-0.4, -0.2) is 18.6 Å². The Bertz CT molecular complexity index is 871. The SMILES string of the molecule is [B]c1cncc(C2=CCC3C4CCC5=CC(=O)CCC5(C)C4CCC23C)c1. The van der Waals surface area contributed by atoms with Gasteiger partial charge in [-0.05, 0) is 84.3 Å². The van der Waals surface area contributed by atoms with E-state index in [4.69, 9.17) is 7.85 Å². The van der Waals surface area contributed by atoms with Crippen LogP contribution in [0.3, 0.4) is 0 Å². The molecule has 0 spiro atoms. The van der Waals surface area contributed by atoms with Gasteiger partial charge in [-0.1, -0.05) is 37.0 Å². The van der Waals surface area contributed by atoms with E-state index in [1.165, 1.54) is 42.4 Å². The molecule has 2 saturated carbocycles. The Balaban J connectivity index is 1.48. The van der Waals surface area contributed by atoms with Gasteiger partial charge in [0.15, 0.2) is 5.78 Å². The van der Waals surface area contributed by atoms with Crippen LogP contribution in [0.5, 0.6) is 0 Å². The second-order valence-electron chi connectivity index (χ2n) is 9.79. The zero-order valence-corrected chi connectivity index (χ0v) is 16.5. The molecule has 4 aliphatic carbocycles. The molecule has 1 aromatic rings. The van der Waals surface area contributed by atoms with Crippen molar-refractivity contribution in [3.8, 4) is 0 Å². The Morgan fingerprint density at radius 1 is 1.07 bits per heavy atom. The minimum absolute atomic E-state index is 0.235. The van der Waals surface area contributed by atoms with Crippen molar-refractivity contribution in [2.45, 2.75) is 58.8 Å². The molecule has 3 heteroatoms. The highest BCUT2D eigenvalue weighted by Crippen LogP contribution is 2.66. The summed E-state index contributed by atoms with van der Waals surface area (Å²) in [4.78, 5) is 16.3. The molecule has 1 aromatic heterocycles. The summed E-state index contributed by atoms with van der Waals surface area (Å²) in [6, 6.07) is 2.09. The fourth-order valence-electron chi connectivity index (χ4n) is 7.18. The van der Waals surface area contributed by atoms with Crippen LogP contribution >= 0.6 is 0 Å². The number of carbonyl (C=O) groups is 1. The van der Waals surface area contributed by atoms with E-state index in [-0.39, 0.29) is 10.8 Å². The first-order valence-corrected chi connectivity index (χ1v) is 10.6. The van der Waals surface area contributed by atoms with Gasteiger partial charge >= 0.3 is 0 Å². The first-order valence-electron chi connectivity index (χ1n) is 10.6. The van der Waals surface area contributed by atoms with Crippen molar-refractivity contribution >= 4 is 24.7 Å². The van der Waals surface area contributed by atoms with E-state index in [9.17, 15) is 4.79 Å². The van der Waals surface area contributed by atoms with Gasteiger partial charge in [0.2, 0.25) is 0 Å². The Morgan fingerprint density at radius 3 is 2.74 bits per heavy atom. The van der Waals surface area contributed by atoms with E-state index in [0.29, 0.717) is 11.7 Å². The molecule has 1 heterocycles. The summed E-state index contributed by atoms with van der Waals surface area (Å²) in [6.45, 7) is 4.93. The highest BCUT2D eigenvalue weighted by Gasteiger charge is 2.57. The molecule has 5 unspecified atom stereocenters. The lowest BCUT2D eigenvalue weighted by atomic mass is 9.46. The molecule has 5 rings (SSSR count). The van der Waals surface area contributed by atoms with Crippen LogP contribution in [0.1, 0.15) is 64.4 Å². The van der Waals surface area contributed by atoms with Crippen molar-refractivity contribution in [1.29, 1.82) is 0 Å². The lowest BCUT2D eigenvalue weighted by Crippen LogP contribution is -2.49. The number of carbonyl (C=O) groups excluding carboxylic acids is 1. The predicted molar refractivity (Wildman–Crippen MR) is 110 cm³/mol. The maximum absolute atomic E-state index is 12.0. The molecular formula is C24H28BNO. The second kappa shape index (κ2) is 5.93. The molecular weight excluding hydrogens is 329 g/mol. The summed E-state index contributed by atoms with van der Waals surface area (Å²) >= 11 is 0. The Labute approximate surface area is 163 Å². The molecule has 0 amide bonds. The van der Waals surface area contributed by atoms with Crippen LogP contribution in [0, 0.1) is 28.6 Å². The number of nitrogens with zero attached hydrogens (tertiary/aromatic N) is 1. The van der Waals surface area contributed by atoms with Crippen LogP contribution in [0.2, 0.25) is 0 Å². The van der Waals surface area contributed by atoms with Crippen LogP contribution in [-0.2, 0) is 4.79 Å². The Kier molecular flexibility index (Phi) is 3.83. The Hall–Kier alpha value is -1.64. The van der Waals surface area contributed by atoms with Gasteiger partial charge in [-0.15, -0.1) is 0 Å². The molecule has 0 bridgehead atoms. The van der Waals surface area contributed by atoms with Crippen molar-refractivity contribution < 1.29 is 4.79 Å². The molecule has 2 nitrogen and oxygen atoms in total. The van der Waals surface area contributed by atoms with Gasteiger partial charge in [0.25, 0.3) is 0 Å². The standard InChI is InChI=1S/C24H28BNO/c1-23-9-7-18(27)12-16(23)3-4-19-21-6-5-20(15-11-17(25)14-26-13-15)24(21,2)10-8-22(19)23/h5,11-14,19,21-22H,3-4,6-10H2,1-2H3. The fourth-order valence-corrected chi connectivity index (χ4v) is 7.18. The summed E-state index contributed by atoms with van der Waals surface area (Å²) in [5, 5.41) is 0. The molecule has 2 fully saturated rings. The molecule has 0 aliphatic heterocycles. The quantitative estimate of drug-likeness (QED) is 0.698. The minimum Gasteiger partial charge on any atom is -0.295 e. The van der Waals surface area contributed by atoms with Crippen LogP contribution in [0.15, 0.2) is 36.2 Å². The molecule has 138 valence electrons. The minimum atomic E-state index is 0.235. The highest BCUT2D eigenvalue weighted by atomic mass is 16.1. The van der Waals surface area contributed by atoms with Gasteiger partial charge in [-0.25, -0.2) is 0 Å². The van der Waals surface area contributed by atoms with Crippen LogP contribution < -0.4 is 5.46 Å². The van der Waals surface area contributed by atoms with Gasteiger partial charge in [0.05, 0.1) is 0 Å². The van der Waals surface area contributed by atoms with Crippen molar-refractivity contribution in [1.82, 2.24) is 4.98 Å². The summed E-state index contributed by atoms with van der Waals surface area (Å²) in [5.74, 6) is 2.56. The predicted octanol–water partition coefficient (Wildman–Crippen LogP) is 4.40. The number of rotatable bonds is 1. The molecule has 5 atom stereocenters. The number of hydrogen-bond donors (Lipinski definition) is 0. The fraction of sp³-hybridized carbons (Fsp3) is 0.583. The zero-order chi connectivity index (χ0) is 18.8. The van der Waals surface area contributed by atoms with E-state index in [1.54, 1.807) is 6.20 Å². The summed E-state index contributed by atoms with van der Waals surface area (Å²) < 4.78 is 0. The average Bonchev–Trinajstić information content (AvgIpc) is 2.99. The van der Waals surface area contributed by atoms with E-state index < -0.39 is 0 Å². The first-order chi connectivity index (χ1) is 12.9. The number of hydrogen-bond acceptors (Lipinski definition) is 2. The highest BCUT2D eigenvalue weighted by molar-refractivity contribution is 6.32. The smallest absolute Gasteiger partial charge is 0.155 e. The van der Waals surface area contributed by atoms with Gasteiger partial charge in [-0.2, -0.15) is 0 Å². The number of fused-ring (bicyclic) bond motifs is 5. The molecule has 27 heavy (non-hydrogen) atoms. The third kappa shape index (κ3) is 2.46. The monoisotopic (exact) mass is 357 g/mol. The van der Waals surface area contributed by atoms with Crippen molar-refractivity contribution in [2.24, 2.45) is 28.6 Å². The Morgan fingerprint density at radius 2 is 1.93 bits per heavy atom. The van der Waals surface area contributed by atoms with E-state index in [2.05, 4.69) is 31.0 Å². The van der Waals surface area contributed by atoms with E-state index in [0.717, 1.165) is 36.6 Å². The summed E-state index contributed by atoms with van der Waals surface area (Å²) in [7, 11) is 6.02. The van der Waals surface area contributed by atoms with E-state index >= 15 is 0 Å². The van der Waals surface area contributed by atoms with Crippen molar-refractivity contribution in [3.63, 3.8) is 0 Å². The van der Waals surface area contributed by atoms with Gasteiger partial charge in [-0.3, -0.25) is 9.78 Å². The van der Waals surface area contributed by atoms with Crippen molar-refractivity contribution in [2.75, 3.05) is 0 Å². The van der Waals surface area contributed by atoms with Crippen LogP contribution in [0.25, 0.3) is 5.57 Å². The van der Waals surface area contributed by atoms with Crippen molar-refractivity contribution in [3.05, 3.63) is 41.7 Å². The maximum atomic E-state index is 12.0. The molecule has 0 aromatic carbocycles. The van der Waals surface area contributed by atoms with Gasteiger partial charge < -0.3 is 0 Å². The van der Waals surface area contributed by atoms with Gasteiger partial charge in [0, 0.05) is 18.8 Å². The van der Waals surface area contributed by atoms with E-state index in [1.807, 2.05) is 12.3 Å². The van der Waals surface area contributed by atoms with Crippen LogP contribution in [0.4, 0.5) is 0 Å². The maximum Gasteiger partial charge on any atom is 0.155 e. The molecule has 4 aliphatic rings. The normalized spacial score (nSPS) is 40.5. The third-order valence-corrected chi connectivity index (χ3v) is 8.61. The zero-order valence-electron chi connectivity index (χ0n) is 16.5. The van der Waals surface area contributed by atoms with Gasteiger partial charge in [0.1, 0.15) is 7.85 Å². The molecule has 0 saturated heterocycles. The lowest BCUT2D eigenvalue weighted by molar-refractivity contribution is -0.117. The first kappa shape index (κ1) is 17.5.